The van der Waals surface area contributed by atoms with E-state index in [1.54, 1.807) is 6.07 Å². The van der Waals surface area contributed by atoms with Crippen LogP contribution in [0, 0.1) is 5.92 Å². The molecule has 2 aromatic carbocycles. The molecule has 4 rings (SSSR count). The zero-order valence-corrected chi connectivity index (χ0v) is 26.4. The summed E-state index contributed by atoms with van der Waals surface area (Å²) < 4.78 is 0. The summed E-state index contributed by atoms with van der Waals surface area (Å²) in [6.45, 7) is 12.3. The molecular formula is C35H39N3O4S. The maximum absolute atomic E-state index is 13.2. The van der Waals surface area contributed by atoms with Crippen molar-refractivity contribution in [3.63, 3.8) is 0 Å². The molecule has 2 aromatic heterocycles. The van der Waals surface area contributed by atoms with Crippen LogP contribution in [0.4, 0.5) is 0 Å². The number of rotatable bonds is 10. The highest BCUT2D eigenvalue weighted by Gasteiger charge is 2.26. The fraction of sp³-hybridized carbons (Fsp3) is 0.343. The number of nitrogens with zero attached hydrogens (tertiary/aromatic N) is 2. The predicted molar refractivity (Wildman–Crippen MR) is 171 cm³/mol. The van der Waals surface area contributed by atoms with Crippen LogP contribution in [0.25, 0.3) is 22.5 Å². The van der Waals surface area contributed by atoms with Gasteiger partial charge in [0.25, 0.3) is 0 Å². The quantitative estimate of drug-likeness (QED) is 0.189. The molecule has 0 saturated carbocycles. The zero-order chi connectivity index (χ0) is 31.4. The lowest BCUT2D eigenvalue weighted by Gasteiger charge is -2.19. The first-order valence-corrected chi connectivity index (χ1v) is 15.2. The number of carboxylic acids is 1. The van der Waals surface area contributed by atoms with Crippen molar-refractivity contribution in [1.82, 2.24) is 15.3 Å². The van der Waals surface area contributed by atoms with Gasteiger partial charge in [-0.05, 0) is 46.1 Å². The number of carbonyl (C=O) groups excluding carboxylic acids is 2. The van der Waals surface area contributed by atoms with Gasteiger partial charge in [0.15, 0.2) is 11.6 Å². The molecule has 224 valence electrons. The number of aliphatic carboxylic acids is 1. The van der Waals surface area contributed by atoms with Gasteiger partial charge in [-0.25, -0.2) is 9.97 Å². The zero-order valence-electron chi connectivity index (χ0n) is 25.6. The van der Waals surface area contributed by atoms with Crippen molar-refractivity contribution in [3.05, 3.63) is 93.9 Å². The number of amides is 1. The lowest BCUT2D eigenvalue weighted by atomic mass is 9.86. The number of carboxylic acid groups (broad SMARTS) is 1. The monoisotopic (exact) mass is 597 g/mol. The Kier molecular flexibility index (Phi) is 9.60. The third-order valence-corrected chi connectivity index (χ3v) is 8.82. The van der Waals surface area contributed by atoms with Gasteiger partial charge in [-0.3, -0.25) is 14.4 Å². The summed E-state index contributed by atoms with van der Waals surface area (Å²) in [7, 11) is 0. The molecule has 0 unspecified atom stereocenters. The molecular weight excluding hydrogens is 558 g/mol. The lowest BCUT2D eigenvalue weighted by Crippen LogP contribution is -2.36. The Bertz CT molecular complexity index is 1580. The smallest absolute Gasteiger partial charge is 0.322 e. The standard InChI is InChI=1S/C35H39N3O4S/c1-34(2,3)27-13-11-23(12-14-27)26-19-36-32(37-20-26)24-9-7-22(8-10-24)17-25(33(42)38-21-31(40)41)18-28(39)29-15-16-30(43-29)35(4,5)6/h7-16,19-20,25H,17-18,21H2,1-6H3,(H,38,42)(H,40,41)/t25-/m1/s1. The van der Waals surface area contributed by atoms with Gasteiger partial charge in [-0.15, -0.1) is 11.3 Å². The third kappa shape index (κ3) is 8.45. The van der Waals surface area contributed by atoms with E-state index in [9.17, 15) is 14.4 Å². The van der Waals surface area contributed by atoms with Crippen molar-refractivity contribution in [3.8, 4) is 22.5 Å². The molecule has 0 aliphatic heterocycles. The van der Waals surface area contributed by atoms with Crippen LogP contribution in [0.1, 0.15) is 73.6 Å². The van der Waals surface area contributed by atoms with Crippen LogP contribution in [-0.2, 0) is 26.8 Å². The second-order valence-corrected chi connectivity index (χ2v) is 14.0. The lowest BCUT2D eigenvalue weighted by molar-refractivity contribution is -0.138. The van der Waals surface area contributed by atoms with Gasteiger partial charge in [-0.1, -0.05) is 90.1 Å². The van der Waals surface area contributed by atoms with E-state index in [-0.39, 0.29) is 23.0 Å². The summed E-state index contributed by atoms with van der Waals surface area (Å²) in [6, 6.07) is 19.8. The molecule has 7 nitrogen and oxygen atoms in total. The first kappa shape index (κ1) is 31.8. The highest BCUT2D eigenvalue weighted by atomic mass is 32.1. The average molecular weight is 598 g/mol. The number of aromatic nitrogens is 2. The van der Waals surface area contributed by atoms with E-state index in [1.807, 2.05) is 42.7 Å². The van der Waals surface area contributed by atoms with Crippen LogP contribution >= 0.6 is 11.3 Å². The third-order valence-electron chi connectivity index (χ3n) is 7.27. The molecule has 2 heterocycles. The number of ketones is 1. The Morgan fingerprint density at radius 1 is 0.791 bits per heavy atom. The molecule has 2 N–H and O–H groups in total. The molecule has 43 heavy (non-hydrogen) atoms. The minimum Gasteiger partial charge on any atom is -0.480 e. The van der Waals surface area contributed by atoms with Crippen LogP contribution in [0.5, 0.6) is 0 Å². The number of Topliss-reactive ketones (excluding diaryl/α,β-unsaturated/α-hetero) is 1. The van der Waals surface area contributed by atoms with Gasteiger partial charge in [0, 0.05) is 40.7 Å². The highest BCUT2D eigenvalue weighted by Crippen LogP contribution is 2.31. The number of carbonyl (C=O) groups is 3. The van der Waals surface area contributed by atoms with Crippen LogP contribution in [0.3, 0.4) is 0 Å². The molecule has 0 radical (unpaired) electrons. The molecule has 0 spiro atoms. The van der Waals surface area contributed by atoms with Gasteiger partial charge in [0.2, 0.25) is 5.91 Å². The summed E-state index contributed by atoms with van der Waals surface area (Å²) in [4.78, 5) is 48.0. The first-order valence-electron chi connectivity index (χ1n) is 14.4. The molecule has 8 heteroatoms. The second kappa shape index (κ2) is 13.0. The van der Waals surface area contributed by atoms with E-state index in [2.05, 4.69) is 81.1 Å². The number of benzene rings is 2. The van der Waals surface area contributed by atoms with E-state index in [4.69, 9.17) is 5.11 Å². The SMILES string of the molecule is CC(C)(C)c1ccc(-c2cnc(-c3ccc(C[C@H](CC(=O)c4ccc(C(C)(C)C)s4)C(=O)NCC(=O)O)cc3)nc2)cc1. The molecule has 4 aromatic rings. The predicted octanol–water partition coefficient (Wildman–Crippen LogP) is 7.10. The molecule has 1 atom stereocenters. The number of hydrogen-bond acceptors (Lipinski definition) is 6. The second-order valence-electron chi connectivity index (χ2n) is 12.9. The Morgan fingerprint density at radius 2 is 1.40 bits per heavy atom. The maximum atomic E-state index is 13.2. The Balaban J connectivity index is 1.47. The number of nitrogens with one attached hydrogen (secondary N) is 1. The molecule has 1 amide bonds. The summed E-state index contributed by atoms with van der Waals surface area (Å²) >= 11 is 1.44. The molecule has 0 aliphatic rings. The van der Waals surface area contributed by atoms with E-state index in [1.165, 1.54) is 16.9 Å². The van der Waals surface area contributed by atoms with E-state index in [0.29, 0.717) is 17.1 Å². The van der Waals surface area contributed by atoms with Crippen LogP contribution < -0.4 is 5.32 Å². The van der Waals surface area contributed by atoms with Gasteiger partial charge >= 0.3 is 5.97 Å². The fourth-order valence-electron chi connectivity index (χ4n) is 4.64. The summed E-state index contributed by atoms with van der Waals surface area (Å²) in [5.74, 6) is -1.85. The maximum Gasteiger partial charge on any atom is 0.322 e. The molecule has 0 saturated heterocycles. The van der Waals surface area contributed by atoms with Crippen molar-refractivity contribution in [2.45, 2.75) is 65.2 Å². The van der Waals surface area contributed by atoms with E-state index >= 15 is 0 Å². The van der Waals surface area contributed by atoms with Gasteiger partial charge in [-0.2, -0.15) is 0 Å². The van der Waals surface area contributed by atoms with Crippen LogP contribution in [0.15, 0.2) is 73.1 Å². The largest absolute Gasteiger partial charge is 0.480 e. The molecule has 0 bridgehead atoms. The van der Waals surface area contributed by atoms with E-state index in [0.717, 1.165) is 27.1 Å². The minimum atomic E-state index is -1.14. The van der Waals surface area contributed by atoms with Crippen molar-refractivity contribution >= 4 is 29.0 Å². The van der Waals surface area contributed by atoms with Gasteiger partial charge < -0.3 is 10.4 Å². The molecule has 0 aliphatic carbocycles. The normalized spacial score (nSPS) is 12.5. The van der Waals surface area contributed by atoms with Crippen molar-refractivity contribution in [1.29, 1.82) is 0 Å². The average Bonchev–Trinajstić information content (AvgIpc) is 3.47. The van der Waals surface area contributed by atoms with Crippen LogP contribution in [-0.4, -0.2) is 39.3 Å². The summed E-state index contributed by atoms with van der Waals surface area (Å²) in [5, 5.41) is 11.5. The molecule has 0 fully saturated rings. The Morgan fingerprint density at radius 3 is 1.93 bits per heavy atom. The highest BCUT2D eigenvalue weighted by molar-refractivity contribution is 7.14. The number of hydrogen-bond donors (Lipinski definition) is 2. The van der Waals surface area contributed by atoms with Crippen molar-refractivity contribution in [2.75, 3.05) is 6.54 Å². The van der Waals surface area contributed by atoms with Gasteiger partial charge in [0.05, 0.1) is 4.88 Å². The summed E-state index contributed by atoms with van der Waals surface area (Å²) in [6.07, 6.45) is 3.90. The Hall–Kier alpha value is -4.17. The topological polar surface area (TPSA) is 109 Å². The Labute approximate surface area is 257 Å². The number of thiophene rings is 1. The summed E-state index contributed by atoms with van der Waals surface area (Å²) in [5.41, 5.74) is 4.93. The minimum absolute atomic E-state index is 0.0153. The van der Waals surface area contributed by atoms with Crippen molar-refractivity contribution < 1.29 is 19.5 Å². The first-order chi connectivity index (χ1) is 20.2. The van der Waals surface area contributed by atoms with Crippen LogP contribution in [0.2, 0.25) is 0 Å². The fourth-order valence-corrected chi connectivity index (χ4v) is 5.66. The van der Waals surface area contributed by atoms with Crippen molar-refractivity contribution in [2.24, 2.45) is 5.92 Å². The van der Waals surface area contributed by atoms with Gasteiger partial charge in [0.1, 0.15) is 6.54 Å². The van der Waals surface area contributed by atoms with E-state index < -0.39 is 24.3 Å².